The molecule has 28 heavy (non-hydrogen) atoms. The fraction of sp³-hybridized carbons (Fsp3) is 1.00. The van der Waals surface area contributed by atoms with Gasteiger partial charge in [-0.1, -0.05) is 0 Å². The first-order valence-corrected chi connectivity index (χ1v) is 15.5. The summed E-state index contributed by atoms with van der Waals surface area (Å²) in [5, 5.41) is 0. The summed E-state index contributed by atoms with van der Waals surface area (Å²) in [5.74, 6) is 2.16. The van der Waals surface area contributed by atoms with Gasteiger partial charge in [0.1, 0.15) is 0 Å². The predicted octanol–water partition coefficient (Wildman–Crippen LogP) is 3.95. The molecule has 0 saturated carbocycles. The van der Waals surface area contributed by atoms with Crippen molar-refractivity contribution >= 4 is 58.9 Å². The average Bonchev–Trinajstić information content (AvgIpc) is 2.62. The van der Waals surface area contributed by atoms with E-state index in [2.05, 4.69) is 0 Å². The Hall–Kier alpha value is 1.54. The van der Waals surface area contributed by atoms with Gasteiger partial charge in [-0.15, -0.1) is 0 Å². The Kier molecular flexibility index (Phi) is 23.2. The topological polar surface area (TPSA) is 55.4 Å². The van der Waals surface area contributed by atoms with E-state index in [0.717, 1.165) is 36.4 Å². The number of rotatable bonds is 20. The van der Waals surface area contributed by atoms with Crippen molar-refractivity contribution in [2.45, 2.75) is 66.5 Å². The van der Waals surface area contributed by atoms with Crippen molar-refractivity contribution in [3.05, 3.63) is 0 Å². The number of thioether (sulfide) groups is 1. The molecule has 0 aliphatic heterocycles. The summed E-state index contributed by atoms with van der Waals surface area (Å²) >= 11 is 1.95. The molecule has 0 aromatic rings. The molecule has 0 bridgehead atoms. The second-order valence-corrected chi connectivity index (χ2v) is 12.5. The van der Waals surface area contributed by atoms with Gasteiger partial charge in [-0.2, -0.15) is 11.8 Å². The van der Waals surface area contributed by atoms with Gasteiger partial charge in [0, 0.05) is 51.7 Å². The zero-order valence-corrected chi connectivity index (χ0v) is 21.2. The van der Waals surface area contributed by atoms with E-state index in [-0.39, 0.29) is 29.6 Å². The molecule has 6 nitrogen and oxygen atoms in total. The molecular formula is C18H43NaO6SSi2. The maximum absolute atomic E-state index is 5.90. The van der Waals surface area contributed by atoms with Crippen LogP contribution in [0.15, 0.2) is 0 Å². The predicted molar refractivity (Wildman–Crippen MR) is 125 cm³/mol. The fourth-order valence-electron chi connectivity index (χ4n) is 2.89. The van der Waals surface area contributed by atoms with Gasteiger partial charge < -0.3 is 26.6 Å². The van der Waals surface area contributed by atoms with Gasteiger partial charge >= 0.3 is 47.2 Å². The Morgan fingerprint density at radius 2 is 0.750 bits per heavy atom. The minimum atomic E-state index is -2.49. The molecule has 166 valence electrons. The van der Waals surface area contributed by atoms with Crippen molar-refractivity contribution < 1.29 is 26.6 Å². The van der Waals surface area contributed by atoms with Gasteiger partial charge in [-0.3, -0.25) is 0 Å². The molecular weight excluding hydrogens is 423 g/mol. The van der Waals surface area contributed by atoms with Crippen molar-refractivity contribution in [3.8, 4) is 0 Å². The molecule has 0 spiro atoms. The van der Waals surface area contributed by atoms with E-state index in [1.165, 1.54) is 0 Å². The van der Waals surface area contributed by atoms with Gasteiger partial charge in [0.05, 0.1) is 0 Å². The van der Waals surface area contributed by atoms with Crippen LogP contribution in [0.2, 0.25) is 12.1 Å². The van der Waals surface area contributed by atoms with Gasteiger partial charge in [-0.05, 0) is 65.9 Å². The van der Waals surface area contributed by atoms with Crippen molar-refractivity contribution in [1.82, 2.24) is 0 Å². The van der Waals surface area contributed by atoms with Crippen LogP contribution in [0.25, 0.3) is 0 Å². The number of hydrogen-bond donors (Lipinski definition) is 0. The fourth-order valence-corrected chi connectivity index (χ4v) is 9.52. The molecule has 0 fully saturated rings. The molecule has 0 saturated heterocycles. The Bertz CT molecular complexity index is 281. The van der Waals surface area contributed by atoms with Crippen LogP contribution in [0.3, 0.4) is 0 Å². The summed E-state index contributed by atoms with van der Waals surface area (Å²) in [5.41, 5.74) is 0. The molecule has 0 aliphatic rings. The van der Waals surface area contributed by atoms with E-state index in [1.54, 1.807) is 0 Å². The van der Waals surface area contributed by atoms with E-state index >= 15 is 0 Å². The average molecular weight is 467 g/mol. The van der Waals surface area contributed by atoms with E-state index in [0.29, 0.717) is 39.6 Å². The Morgan fingerprint density at radius 3 is 0.964 bits per heavy atom. The summed E-state index contributed by atoms with van der Waals surface area (Å²) in [4.78, 5) is 0. The first-order chi connectivity index (χ1) is 13.1. The van der Waals surface area contributed by atoms with Crippen LogP contribution in [0, 0.1) is 0 Å². The first-order valence-electron chi connectivity index (χ1n) is 10.5. The van der Waals surface area contributed by atoms with E-state index in [9.17, 15) is 0 Å². The minimum absolute atomic E-state index is 0. The normalized spacial score (nSPS) is 12.2. The van der Waals surface area contributed by atoms with Crippen molar-refractivity contribution in [3.63, 3.8) is 0 Å². The Balaban J connectivity index is 0. The quantitative estimate of drug-likeness (QED) is 0.199. The van der Waals surface area contributed by atoms with Crippen LogP contribution in [-0.2, 0) is 26.6 Å². The first kappa shape index (κ1) is 31.7. The number of hydrogen-bond acceptors (Lipinski definition) is 7. The SMILES string of the molecule is CCO[Si](CCCSCCC[Si](OCC)(OCC)OCC)(OCC)OCC.[NaH]. The van der Waals surface area contributed by atoms with Crippen molar-refractivity contribution in [2.24, 2.45) is 0 Å². The zero-order chi connectivity index (χ0) is 20.4. The molecule has 0 aliphatic carbocycles. The third-order valence-corrected chi connectivity index (χ3v) is 11.2. The van der Waals surface area contributed by atoms with Crippen LogP contribution in [0.5, 0.6) is 0 Å². The summed E-state index contributed by atoms with van der Waals surface area (Å²) < 4.78 is 35.4. The third-order valence-electron chi connectivity index (χ3n) is 3.73. The van der Waals surface area contributed by atoms with Crippen LogP contribution >= 0.6 is 11.8 Å². The van der Waals surface area contributed by atoms with Crippen LogP contribution in [0.1, 0.15) is 54.4 Å². The van der Waals surface area contributed by atoms with Crippen molar-refractivity contribution in [1.29, 1.82) is 0 Å². The molecule has 0 aromatic carbocycles. The van der Waals surface area contributed by atoms with E-state index in [1.807, 2.05) is 53.3 Å². The van der Waals surface area contributed by atoms with Gasteiger partial charge in [0.2, 0.25) is 0 Å². The van der Waals surface area contributed by atoms with Gasteiger partial charge in [0.15, 0.2) is 0 Å². The third kappa shape index (κ3) is 13.8. The summed E-state index contributed by atoms with van der Waals surface area (Å²) in [6.07, 6.45) is 2.09. The zero-order valence-electron chi connectivity index (χ0n) is 18.3. The van der Waals surface area contributed by atoms with Gasteiger partial charge in [-0.25, -0.2) is 0 Å². The van der Waals surface area contributed by atoms with Gasteiger partial charge in [0.25, 0.3) is 0 Å². The molecule has 0 atom stereocenters. The second-order valence-electron chi connectivity index (χ2n) is 5.78. The standard InChI is InChI=1S/C18H42O6SSi2.Na.H/c1-7-19-26(20-8-2,21-9-3)17-13-15-25-16-14-18-27(22-10-4,23-11-5)24-12-6;;/h7-18H2,1-6H3;;. The summed E-state index contributed by atoms with van der Waals surface area (Å²) in [7, 11) is -4.99. The van der Waals surface area contributed by atoms with Crippen LogP contribution in [0.4, 0.5) is 0 Å². The Labute approximate surface area is 202 Å². The molecule has 0 N–H and O–H groups in total. The van der Waals surface area contributed by atoms with Crippen LogP contribution in [-0.4, -0.2) is 98.3 Å². The second kappa shape index (κ2) is 20.4. The Morgan fingerprint density at radius 1 is 0.500 bits per heavy atom. The molecule has 0 heterocycles. The summed E-state index contributed by atoms with van der Waals surface area (Å²) in [6.45, 7) is 15.8. The van der Waals surface area contributed by atoms with Crippen LogP contribution < -0.4 is 0 Å². The molecule has 0 unspecified atom stereocenters. The summed E-state index contributed by atoms with van der Waals surface area (Å²) in [6, 6.07) is 1.76. The van der Waals surface area contributed by atoms with E-state index in [4.69, 9.17) is 26.6 Å². The molecule has 0 aromatic heterocycles. The van der Waals surface area contributed by atoms with E-state index < -0.39 is 17.6 Å². The monoisotopic (exact) mass is 466 g/mol. The molecule has 0 radical (unpaired) electrons. The molecule has 0 amide bonds. The van der Waals surface area contributed by atoms with Crippen molar-refractivity contribution in [2.75, 3.05) is 51.1 Å². The molecule has 0 rings (SSSR count). The maximum atomic E-state index is 5.90. The molecule has 10 heteroatoms.